The summed E-state index contributed by atoms with van der Waals surface area (Å²) in [7, 11) is 0. The monoisotopic (exact) mass is 113 g/mol. The highest BCUT2D eigenvalue weighted by Crippen LogP contribution is 2.08. The molecule has 0 saturated carbocycles. The van der Waals surface area contributed by atoms with Gasteiger partial charge in [0.1, 0.15) is 0 Å². The molecule has 1 unspecified atom stereocenters. The van der Waals surface area contributed by atoms with Crippen molar-refractivity contribution in [3.8, 4) is 0 Å². The lowest BCUT2D eigenvalue weighted by Crippen LogP contribution is -2.34. The zero-order valence-electron chi connectivity index (χ0n) is 5.11. The number of nitrogens with one attached hydrogen (secondary N) is 1. The molecule has 1 amide bonds. The van der Waals surface area contributed by atoms with Crippen LogP contribution in [0.25, 0.3) is 0 Å². The van der Waals surface area contributed by atoms with Gasteiger partial charge in [0.05, 0.1) is 0 Å². The van der Waals surface area contributed by atoms with Crippen molar-refractivity contribution < 1.29 is 4.79 Å². The Labute approximate surface area is 49.3 Å². The summed E-state index contributed by atoms with van der Waals surface area (Å²) in [5, 5.41) is 2.79. The van der Waals surface area contributed by atoms with E-state index >= 15 is 0 Å². The van der Waals surface area contributed by atoms with Gasteiger partial charge in [-0.05, 0) is 12.8 Å². The summed E-state index contributed by atoms with van der Waals surface area (Å²) in [5.74, 6) is 0.472. The van der Waals surface area contributed by atoms with Gasteiger partial charge in [-0.3, -0.25) is 4.79 Å². The molecule has 0 aliphatic carbocycles. The standard InChI is InChI=1S/C6H11NO/c1-5-3-2-4-7-6(5)8/h5H,2-4H2,1H3,(H,7,8). The lowest BCUT2D eigenvalue weighted by atomic mass is 10.0. The second-order valence-electron chi connectivity index (χ2n) is 2.33. The highest BCUT2D eigenvalue weighted by atomic mass is 16.1. The predicted octanol–water partition coefficient (Wildman–Crippen LogP) is 0.532. The normalized spacial score (nSPS) is 29.6. The molecule has 46 valence electrons. The zero-order chi connectivity index (χ0) is 5.98. The number of carbonyl (C=O) groups is 1. The number of amides is 1. The Bertz CT molecular complexity index is 101. The molecule has 2 heteroatoms. The molecule has 0 bridgehead atoms. The maximum absolute atomic E-state index is 10.7. The van der Waals surface area contributed by atoms with Gasteiger partial charge in [0.2, 0.25) is 5.91 Å². The first-order valence-electron chi connectivity index (χ1n) is 3.08. The van der Waals surface area contributed by atoms with E-state index in [2.05, 4.69) is 5.32 Å². The molecule has 1 atom stereocenters. The van der Waals surface area contributed by atoms with Crippen LogP contribution in [-0.4, -0.2) is 12.5 Å². The van der Waals surface area contributed by atoms with Gasteiger partial charge >= 0.3 is 0 Å². The molecule has 1 fully saturated rings. The van der Waals surface area contributed by atoms with Crippen LogP contribution in [0.2, 0.25) is 0 Å². The third-order valence-electron chi connectivity index (χ3n) is 1.56. The molecule has 0 spiro atoms. The average Bonchev–Trinajstić information content (AvgIpc) is 1.77. The second kappa shape index (κ2) is 2.16. The number of carbonyl (C=O) groups excluding carboxylic acids is 1. The smallest absolute Gasteiger partial charge is 0.222 e. The van der Waals surface area contributed by atoms with Crippen LogP contribution in [0.15, 0.2) is 0 Å². The van der Waals surface area contributed by atoms with Crippen LogP contribution in [0.1, 0.15) is 19.8 Å². The molecule has 1 rings (SSSR count). The lowest BCUT2D eigenvalue weighted by molar-refractivity contribution is -0.125. The largest absolute Gasteiger partial charge is 0.356 e. The van der Waals surface area contributed by atoms with Gasteiger partial charge in [-0.25, -0.2) is 0 Å². The minimum absolute atomic E-state index is 0.219. The van der Waals surface area contributed by atoms with Gasteiger partial charge in [0.15, 0.2) is 0 Å². The Balaban J connectivity index is 2.39. The van der Waals surface area contributed by atoms with Crippen molar-refractivity contribution in [3.05, 3.63) is 0 Å². The van der Waals surface area contributed by atoms with Crippen LogP contribution in [0.5, 0.6) is 0 Å². The summed E-state index contributed by atoms with van der Waals surface area (Å²) < 4.78 is 0. The fourth-order valence-corrected chi connectivity index (χ4v) is 0.925. The van der Waals surface area contributed by atoms with Crippen molar-refractivity contribution in [2.45, 2.75) is 19.8 Å². The Morgan fingerprint density at radius 1 is 1.75 bits per heavy atom. The van der Waals surface area contributed by atoms with Gasteiger partial charge in [-0.2, -0.15) is 0 Å². The van der Waals surface area contributed by atoms with Crippen LogP contribution in [0, 0.1) is 5.92 Å². The second-order valence-corrected chi connectivity index (χ2v) is 2.33. The van der Waals surface area contributed by atoms with Gasteiger partial charge in [-0.1, -0.05) is 6.92 Å². The van der Waals surface area contributed by atoms with Crippen molar-refractivity contribution in [2.24, 2.45) is 5.92 Å². The number of piperidine rings is 1. The summed E-state index contributed by atoms with van der Waals surface area (Å²) in [6.45, 7) is 2.84. The molecule has 2 nitrogen and oxygen atoms in total. The van der Waals surface area contributed by atoms with Crippen LogP contribution < -0.4 is 5.32 Å². The molecule has 8 heavy (non-hydrogen) atoms. The van der Waals surface area contributed by atoms with Crippen LogP contribution in [0.4, 0.5) is 0 Å². The average molecular weight is 113 g/mol. The first-order chi connectivity index (χ1) is 3.80. The quantitative estimate of drug-likeness (QED) is 0.488. The molecule has 0 aromatic heterocycles. The molecule has 0 aromatic carbocycles. The van der Waals surface area contributed by atoms with E-state index in [0.717, 1.165) is 19.4 Å². The van der Waals surface area contributed by atoms with Gasteiger partial charge < -0.3 is 5.32 Å². The lowest BCUT2D eigenvalue weighted by Gasteiger charge is -2.16. The van der Waals surface area contributed by atoms with Crippen molar-refractivity contribution >= 4 is 5.91 Å². The molecule has 1 saturated heterocycles. The molecule has 0 aromatic rings. The van der Waals surface area contributed by atoms with Crippen LogP contribution in [-0.2, 0) is 4.79 Å². The Hall–Kier alpha value is -0.530. The van der Waals surface area contributed by atoms with E-state index in [1.807, 2.05) is 6.92 Å². The molecule has 1 aliphatic heterocycles. The van der Waals surface area contributed by atoms with Crippen molar-refractivity contribution in [3.63, 3.8) is 0 Å². The van der Waals surface area contributed by atoms with E-state index in [-0.39, 0.29) is 11.8 Å². The van der Waals surface area contributed by atoms with Crippen molar-refractivity contribution in [2.75, 3.05) is 6.54 Å². The third kappa shape index (κ3) is 0.997. The molecular weight excluding hydrogens is 102 g/mol. The Morgan fingerprint density at radius 3 is 2.88 bits per heavy atom. The number of hydrogen-bond acceptors (Lipinski definition) is 1. The topological polar surface area (TPSA) is 29.1 Å². The first kappa shape index (κ1) is 5.60. The Morgan fingerprint density at radius 2 is 2.50 bits per heavy atom. The summed E-state index contributed by atoms with van der Waals surface area (Å²) in [5.41, 5.74) is 0. The molecule has 0 radical (unpaired) electrons. The van der Waals surface area contributed by atoms with Gasteiger partial charge in [-0.15, -0.1) is 0 Å². The summed E-state index contributed by atoms with van der Waals surface area (Å²) in [4.78, 5) is 10.7. The highest BCUT2D eigenvalue weighted by Gasteiger charge is 2.15. The Kier molecular flexibility index (Phi) is 1.51. The minimum Gasteiger partial charge on any atom is -0.356 e. The van der Waals surface area contributed by atoms with E-state index in [1.54, 1.807) is 0 Å². The minimum atomic E-state index is 0.219. The maximum atomic E-state index is 10.7. The van der Waals surface area contributed by atoms with Gasteiger partial charge in [0, 0.05) is 12.5 Å². The zero-order valence-corrected chi connectivity index (χ0v) is 5.11. The van der Waals surface area contributed by atoms with Gasteiger partial charge in [0.25, 0.3) is 0 Å². The SMILES string of the molecule is CC1CCCNC1=O. The van der Waals surface area contributed by atoms with E-state index < -0.39 is 0 Å². The fourth-order valence-electron chi connectivity index (χ4n) is 0.925. The number of hydrogen-bond donors (Lipinski definition) is 1. The predicted molar refractivity (Wildman–Crippen MR) is 31.4 cm³/mol. The van der Waals surface area contributed by atoms with E-state index in [1.165, 1.54) is 0 Å². The third-order valence-corrected chi connectivity index (χ3v) is 1.56. The van der Waals surface area contributed by atoms with E-state index in [9.17, 15) is 4.79 Å². The highest BCUT2D eigenvalue weighted by molar-refractivity contribution is 5.78. The van der Waals surface area contributed by atoms with Crippen LogP contribution >= 0.6 is 0 Å². The molecule has 1 heterocycles. The summed E-state index contributed by atoms with van der Waals surface area (Å²) in [6.07, 6.45) is 2.21. The molecule has 1 N–H and O–H groups in total. The fraction of sp³-hybridized carbons (Fsp3) is 0.833. The molecule has 1 aliphatic rings. The number of rotatable bonds is 0. The maximum Gasteiger partial charge on any atom is 0.222 e. The van der Waals surface area contributed by atoms with Crippen molar-refractivity contribution in [1.29, 1.82) is 0 Å². The van der Waals surface area contributed by atoms with Crippen LogP contribution in [0.3, 0.4) is 0 Å². The summed E-state index contributed by atoms with van der Waals surface area (Å²) >= 11 is 0. The first-order valence-corrected chi connectivity index (χ1v) is 3.08. The van der Waals surface area contributed by atoms with E-state index in [4.69, 9.17) is 0 Å². The van der Waals surface area contributed by atoms with Crippen molar-refractivity contribution in [1.82, 2.24) is 5.32 Å². The summed E-state index contributed by atoms with van der Waals surface area (Å²) in [6, 6.07) is 0. The molecular formula is C6H11NO. The van der Waals surface area contributed by atoms with E-state index in [0.29, 0.717) is 0 Å².